The Labute approximate surface area is 118 Å². The number of hydrogen-bond acceptors (Lipinski definition) is 3. The smallest absolute Gasteiger partial charge is 0.171 e. The SMILES string of the molecule is C[C@@H]1C(=O)c2cc(Br)sc2-c2sc(Br)cc21. The van der Waals surface area contributed by atoms with Crippen LogP contribution in [0.15, 0.2) is 19.7 Å². The lowest BCUT2D eigenvalue weighted by Crippen LogP contribution is -2.13. The van der Waals surface area contributed by atoms with Gasteiger partial charge in [-0.25, -0.2) is 0 Å². The maximum Gasteiger partial charge on any atom is 0.171 e. The fraction of sp³-hybridized carbons (Fsp3) is 0.182. The quantitative estimate of drug-likeness (QED) is 0.608. The fourth-order valence-corrected chi connectivity index (χ4v) is 5.45. The zero-order valence-electron chi connectivity index (χ0n) is 8.21. The molecule has 1 nitrogen and oxygen atoms in total. The van der Waals surface area contributed by atoms with Gasteiger partial charge in [-0.15, -0.1) is 22.7 Å². The molecule has 1 aliphatic rings. The molecule has 0 fully saturated rings. The fourth-order valence-electron chi connectivity index (χ4n) is 1.96. The molecular weight excluding hydrogens is 372 g/mol. The van der Waals surface area contributed by atoms with E-state index in [-0.39, 0.29) is 11.7 Å². The maximum atomic E-state index is 12.2. The van der Waals surface area contributed by atoms with Gasteiger partial charge in [0.05, 0.1) is 17.3 Å². The lowest BCUT2D eigenvalue weighted by Gasteiger charge is -2.17. The van der Waals surface area contributed by atoms with Crippen LogP contribution in [0.25, 0.3) is 9.75 Å². The van der Waals surface area contributed by atoms with Crippen molar-refractivity contribution in [2.45, 2.75) is 12.8 Å². The number of carbonyl (C=O) groups is 1. The molecule has 2 aromatic rings. The van der Waals surface area contributed by atoms with Gasteiger partial charge in [0.25, 0.3) is 0 Å². The monoisotopic (exact) mass is 376 g/mol. The zero-order chi connectivity index (χ0) is 11.4. The third-order valence-corrected chi connectivity index (χ3v) is 6.22. The first-order chi connectivity index (χ1) is 7.58. The van der Waals surface area contributed by atoms with Crippen LogP contribution in [0, 0.1) is 0 Å². The van der Waals surface area contributed by atoms with Gasteiger partial charge in [0.15, 0.2) is 5.78 Å². The van der Waals surface area contributed by atoms with Crippen LogP contribution in [-0.4, -0.2) is 5.78 Å². The summed E-state index contributed by atoms with van der Waals surface area (Å²) in [6, 6.07) is 4.01. The summed E-state index contributed by atoms with van der Waals surface area (Å²) < 4.78 is 2.12. The second kappa shape index (κ2) is 3.77. The third kappa shape index (κ3) is 1.49. The van der Waals surface area contributed by atoms with Gasteiger partial charge in [-0.1, -0.05) is 6.92 Å². The number of Topliss-reactive ketones (excluding diaryl/α,β-unsaturated/α-hetero) is 1. The second-order valence-corrected chi connectivity index (χ2v) is 8.58. The van der Waals surface area contributed by atoms with E-state index >= 15 is 0 Å². The molecular formula is C11H6Br2OS2. The molecule has 16 heavy (non-hydrogen) atoms. The van der Waals surface area contributed by atoms with Crippen LogP contribution in [0.4, 0.5) is 0 Å². The van der Waals surface area contributed by atoms with Gasteiger partial charge >= 0.3 is 0 Å². The first-order valence-corrected chi connectivity index (χ1v) is 7.93. The van der Waals surface area contributed by atoms with Crippen molar-refractivity contribution in [3.63, 3.8) is 0 Å². The topological polar surface area (TPSA) is 17.1 Å². The van der Waals surface area contributed by atoms with E-state index in [1.165, 1.54) is 4.88 Å². The van der Waals surface area contributed by atoms with Crippen molar-refractivity contribution in [3.8, 4) is 9.75 Å². The largest absolute Gasteiger partial charge is 0.293 e. The molecule has 0 aliphatic heterocycles. The number of rotatable bonds is 0. The first-order valence-electron chi connectivity index (χ1n) is 4.71. The van der Waals surface area contributed by atoms with Crippen LogP contribution in [0.1, 0.15) is 28.8 Å². The molecule has 0 spiro atoms. The van der Waals surface area contributed by atoms with Crippen LogP contribution < -0.4 is 0 Å². The second-order valence-electron chi connectivity index (χ2n) is 3.71. The van der Waals surface area contributed by atoms with Crippen LogP contribution in [0.2, 0.25) is 0 Å². The summed E-state index contributed by atoms with van der Waals surface area (Å²) in [5, 5.41) is 0. The van der Waals surface area contributed by atoms with Gasteiger partial charge < -0.3 is 0 Å². The molecule has 2 heterocycles. The molecule has 1 atom stereocenters. The predicted molar refractivity (Wildman–Crippen MR) is 75.8 cm³/mol. The van der Waals surface area contributed by atoms with E-state index in [9.17, 15) is 4.79 Å². The average molecular weight is 378 g/mol. The van der Waals surface area contributed by atoms with Crippen LogP contribution >= 0.6 is 54.5 Å². The van der Waals surface area contributed by atoms with Crippen LogP contribution in [0.3, 0.4) is 0 Å². The normalized spacial score (nSPS) is 18.4. The van der Waals surface area contributed by atoms with Crippen molar-refractivity contribution >= 4 is 60.3 Å². The minimum absolute atomic E-state index is 0.0217. The summed E-state index contributed by atoms with van der Waals surface area (Å²) in [6.07, 6.45) is 0. The summed E-state index contributed by atoms with van der Waals surface area (Å²) >= 11 is 10.3. The standard InChI is InChI=1S/C11H6Br2OS2/c1-4-5-2-7(12)15-10(5)11-6(9(4)14)3-8(13)16-11/h2-4H,1H3/t4-/m0/s1. The van der Waals surface area contributed by atoms with E-state index in [4.69, 9.17) is 0 Å². The highest BCUT2D eigenvalue weighted by Gasteiger charge is 2.32. The van der Waals surface area contributed by atoms with Gasteiger partial charge in [0, 0.05) is 11.5 Å². The van der Waals surface area contributed by atoms with E-state index < -0.39 is 0 Å². The maximum absolute atomic E-state index is 12.2. The number of fused-ring (bicyclic) bond motifs is 3. The number of carbonyl (C=O) groups excluding carboxylic acids is 1. The predicted octanol–water partition coefficient (Wildman–Crippen LogP) is 5.30. The Morgan fingerprint density at radius 1 is 1.12 bits per heavy atom. The molecule has 1 aliphatic carbocycles. The molecule has 0 saturated carbocycles. The minimum atomic E-state index is -0.0217. The molecule has 0 amide bonds. The molecule has 0 bridgehead atoms. The summed E-state index contributed by atoms with van der Waals surface area (Å²) in [6.45, 7) is 1.98. The molecule has 0 N–H and O–H groups in total. The molecule has 0 radical (unpaired) electrons. The van der Waals surface area contributed by atoms with Crippen molar-refractivity contribution < 1.29 is 4.79 Å². The molecule has 5 heteroatoms. The van der Waals surface area contributed by atoms with E-state index in [0.717, 1.165) is 23.6 Å². The van der Waals surface area contributed by atoms with Crippen molar-refractivity contribution in [1.82, 2.24) is 0 Å². The highest BCUT2D eigenvalue weighted by atomic mass is 79.9. The Morgan fingerprint density at radius 2 is 1.75 bits per heavy atom. The molecule has 3 rings (SSSR count). The highest BCUT2D eigenvalue weighted by molar-refractivity contribution is 9.11. The zero-order valence-corrected chi connectivity index (χ0v) is 13.0. The number of halogens is 2. The summed E-state index contributed by atoms with van der Waals surface area (Å²) in [4.78, 5) is 14.5. The van der Waals surface area contributed by atoms with E-state index in [2.05, 4.69) is 37.9 Å². The van der Waals surface area contributed by atoms with Crippen LogP contribution in [0.5, 0.6) is 0 Å². The number of ketones is 1. The third-order valence-electron chi connectivity index (χ3n) is 2.76. The first kappa shape index (κ1) is 11.1. The summed E-state index contributed by atoms with van der Waals surface area (Å²) in [5.74, 6) is 0.210. The van der Waals surface area contributed by atoms with Crippen molar-refractivity contribution in [3.05, 3.63) is 30.8 Å². The lowest BCUT2D eigenvalue weighted by molar-refractivity contribution is 0.0965. The minimum Gasteiger partial charge on any atom is -0.293 e. The van der Waals surface area contributed by atoms with Crippen molar-refractivity contribution in [2.75, 3.05) is 0 Å². The van der Waals surface area contributed by atoms with Gasteiger partial charge in [-0.3, -0.25) is 4.79 Å². The molecule has 0 unspecified atom stereocenters. The Balaban J connectivity index is 2.35. The van der Waals surface area contributed by atoms with Gasteiger partial charge in [0.1, 0.15) is 0 Å². The van der Waals surface area contributed by atoms with E-state index in [1.54, 1.807) is 22.7 Å². The Kier molecular flexibility index (Phi) is 2.62. The average Bonchev–Trinajstić information content (AvgIpc) is 2.78. The number of thiophene rings is 2. The summed E-state index contributed by atoms with van der Waals surface area (Å²) in [5.41, 5.74) is 2.02. The summed E-state index contributed by atoms with van der Waals surface area (Å²) in [7, 11) is 0. The van der Waals surface area contributed by atoms with Gasteiger partial charge in [-0.2, -0.15) is 0 Å². The lowest BCUT2D eigenvalue weighted by atomic mass is 9.87. The molecule has 82 valence electrons. The van der Waals surface area contributed by atoms with Crippen molar-refractivity contribution in [1.29, 1.82) is 0 Å². The molecule has 0 aromatic carbocycles. The molecule has 2 aromatic heterocycles. The Morgan fingerprint density at radius 3 is 2.50 bits per heavy atom. The molecule has 0 saturated heterocycles. The number of hydrogen-bond donors (Lipinski definition) is 0. The van der Waals surface area contributed by atoms with Crippen LogP contribution in [-0.2, 0) is 0 Å². The van der Waals surface area contributed by atoms with E-state index in [0.29, 0.717) is 0 Å². The van der Waals surface area contributed by atoms with Gasteiger partial charge in [0.2, 0.25) is 0 Å². The Bertz CT molecular complexity index is 597. The van der Waals surface area contributed by atoms with E-state index in [1.807, 2.05) is 13.0 Å². The van der Waals surface area contributed by atoms with Crippen molar-refractivity contribution in [2.24, 2.45) is 0 Å². The van der Waals surface area contributed by atoms with Gasteiger partial charge in [-0.05, 0) is 49.6 Å². The highest BCUT2D eigenvalue weighted by Crippen LogP contribution is 2.49. The Hall–Kier alpha value is 0.0300.